The van der Waals surface area contributed by atoms with Gasteiger partial charge in [-0.05, 0) is 33.7 Å². The lowest BCUT2D eigenvalue weighted by Crippen LogP contribution is -2.50. The molecule has 1 aliphatic rings. The fraction of sp³-hybridized carbons (Fsp3) is 0.750. The summed E-state index contributed by atoms with van der Waals surface area (Å²) in [7, 11) is 0. The average molecular weight is 226 g/mol. The standard InChI is InChI=1S/C12H22N2O2/c1-12(2,3)16-11(15)14-8-10(9-14)6-4-5-7-13/h4,6,10H,5,7-9,13H2,1-3H3/b6-4+. The third kappa shape index (κ3) is 4.23. The Kier molecular flexibility index (Phi) is 4.35. The van der Waals surface area contributed by atoms with Gasteiger partial charge in [0.1, 0.15) is 5.60 Å². The van der Waals surface area contributed by atoms with Crippen molar-refractivity contribution in [2.75, 3.05) is 19.6 Å². The maximum Gasteiger partial charge on any atom is 0.410 e. The maximum atomic E-state index is 11.6. The van der Waals surface area contributed by atoms with Crippen LogP contribution in [0.2, 0.25) is 0 Å². The number of carbonyl (C=O) groups is 1. The van der Waals surface area contributed by atoms with Crippen molar-refractivity contribution >= 4 is 6.09 Å². The van der Waals surface area contributed by atoms with Crippen LogP contribution in [0.1, 0.15) is 27.2 Å². The van der Waals surface area contributed by atoms with Crippen LogP contribution < -0.4 is 5.73 Å². The lowest BCUT2D eigenvalue weighted by Gasteiger charge is -2.38. The van der Waals surface area contributed by atoms with Gasteiger partial charge < -0.3 is 15.4 Å². The van der Waals surface area contributed by atoms with Crippen molar-refractivity contribution in [1.82, 2.24) is 4.90 Å². The summed E-state index contributed by atoms with van der Waals surface area (Å²) in [5.41, 5.74) is 4.98. The topological polar surface area (TPSA) is 55.6 Å². The van der Waals surface area contributed by atoms with Gasteiger partial charge in [0.05, 0.1) is 0 Å². The van der Waals surface area contributed by atoms with Gasteiger partial charge in [-0.3, -0.25) is 0 Å². The molecule has 0 radical (unpaired) electrons. The van der Waals surface area contributed by atoms with E-state index >= 15 is 0 Å². The number of carbonyl (C=O) groups excluding carboxylic acids is 1. The average Bonchev–Trinajstić information content (AvgIpc) is 2.05. The molecule has 1 saturated heterocycles. The number of nitrogens with two attached hydrogens (primary N) is 1. The van der Waals surface area contributed by atoms with Crippen LogP contribution in [-0.4, -0.2) is 36.2 Å². The minimum absolute atomic E-state index is 0.212. The minimum atomic E-state index is -0.405. The van der Waals surface area contributed by atoms with E-state index in [1.165, 1.54) is 0 Å². The Morgan fingerprint density at radius 3 is 2.62 bits per heavy atom. The maximum absolute atomic E-state index is 11.6. The minimum Gasteiger partial charge on any atom is -0.444 e. The molecule has 0 atom stereocenters. The highest BCUT2D eigenvalue weighted by Gasteiger charge is 2.31. The molecule has 1 rings (SSSR count). The van der Waals surface area contributed by atoms with E-state index in [0.717, 1.165) is 19.5 Å². The van der Waals surface area contributed by atoms with Crippen LogP contribution in [0.15, 0.2) is 12.2 Å². The Morgan fingerprint density at radius 2 is 2.12 bits per heavy atom. The molecule has 0 spiro atoms. The zero-order valence-electron chi connectivity index (χ0n) is 10.4. The van der Waals surface area contributed by atoms with E-state index < -0.39 is 5.60 Å². The van der Waals surface area contributed by atoms with Gasteiger partial charge in [-0.1, -0.05) is 12.2 Å². The molecule has 1 fully saturated rings. The smallest absolute Gasteiger partial charge is 0.410 e. The van der Waals surface area contributed by atoms with Crippen molar-refractivity contribution in [3.8, 4) is 0 Å². The van der Waals surface area contributed by atoms with E-state index in [-0.39, 0.29) is 6.09 Å². The summed E-state index contributed by atoms with van der Waals surface area (Å²) >= 11 is 0. The summed E-state index contributed by atoms with van der Waals surface area (Å²) < 4.78 is 5.26. The molecule has 4 heteroatoms. The van der Waals surface area contributed by atoms with Crippen LogP contribution >= 0.6 is 0 Å². The number of hydrogen-bond acceptors (Lipinski definition) is 3. The Bertz CT molecular complexity index is 263. The van der Waals surface area contributed by atoms with Crippen molar-refractivity contribution in [1.29, 1.82) is 0 Å². The molecule has 1 amide bonds. The molecule has 0 saturated carbocycles. The molecule has 16 heavy (non-hydrogen) atoms. The van der Waals surface area contributed by atoms with E-state index in [2.05, 4.69) is 12.2 Å². The first-order chi connectivity index (χ1) is 7.42. The molecule has 1 heterocycles. The second kappa shape index (κ2) is 5.34. The van der Waals surface area contributed by atoms with E-state index in [1.807, 2.05) is 20.8 Å². The zero-order chi connectivity index (χ0) is 12.2. The van der Waals surface area contributed by atoms with Crippen molar-refractivity contribution in [3.63, 3.8) is 0 Å². The number of likely N-dealkylation sites (tertiary alicyclic amines) is 1. The van der Waals surface area contributed by atoms with Gasteiger partial charge in [-0.15, -0.1) is 0 Å². The third-order valence-corrected chi connectivity index (χ3v) is 2.30. The lowest BCUT2D eigenvalue weighted by atomic mass is 10.00. The Labute approximate surface area is 97.4 Å². The van der Waals surface area contributed by atoms with Gasteiger partial charge in [0.15, 0.2) is 0 Å². The SMILES string of the molecule is CC(C)(C)OC(=O)N1CC(/C=C/CCN)C1. The van der Waals surface area contributed by atoms with Gasteiger partial charge >= 0.3 is 6.09 Å². The molecule has 0 bridgehead atoms. The van der Waals surface area contributed by atoms with Crippen LogP contribution in [0, 0.1) is 5.92 Å². The summed E-state index contributed by atoms with van der Waals surface area (Å²) in [5.74, 6) is 0.471. The first-order valence-electron chi connectivity index (χ1n) is 5.77. The first kappa shape index (κ1) is 13.0. The van der Waals surface area contributed by atoms with E-state index in [0.29, 0.717) is 12.5 Å². The highest BCUT2D eigenvalue weighted by molar-refractivity contribution is 5.69. The van der Waals surface area contributed by atoms with Crippen molar-refractivity contribution in [2.45, 2.75) is 32.8 Å². The summed E-state index contributed by atoms with van der Waals surface area (Å²) in [5, 5.41) is 0. The Morgan fingerprint density at radius 1 is 1.50 bits per heavy atom. The quantitative estimate of drug-likeness (QED) is 0.746. The Hall–Kier alpha value is -1.03. The third-order valence-electron chi connectivity index (χ3n) is 2.30. The number of amides is 1. The molecule has 4 nitrogen and oxygen atoms in total. The van der Waals surface area contributed by atoms with Crippen LogP contribution in [0.3, 0.4) is 0 Å². The fourth-order valence-electron chi connectivity index (χ4n) is 1.49. The summed E-state index contributed by atoms with van der Waals surface area (Å²) in [6.45, 7) is 7.83. The largest absolute Gasteiger partial charge is 0.444 e. The molecule has 2 N–H and O–H groups in total. The molecule has 0 aromatic rings. The highest BCUT2D eigenvalue weighted by Crippen LogP contribution is 2.20. The lowest BCUT2D eigenvalue weighted by molar-refractivity contribution is 0.00490. The molecule has 0 aliphatic carbocycles. The first-order valence-corrected chi connectivity index (χ1v) is 5.77. The number of nitrogens with zero attached hydrogens (tertiary/aromatic N) is 1. The van der Waals surface area contributed by atoms with Gasteiger partial charge in [-0.2, -0.15) is 0 Å². The van der Waals surface area contributed by atoms with Crippen LogP contribution in [0.5, 0.6) is 0 Å². The molecule has 0 unspecified atom stereocenters. The molecular weight excluding hydrogens is 204 g/mol. The van der Waals surface area contributed by atoms with Crippen molar-refractivity contribution < 1.29 is 9.53 Å². The fourth-order valence-corrected chi connectivity index (χ4v) is 1.49. The van der Waals surface area contributed by atoms with Gasteiger partial charge in [0.25, 0.3) is 0 Å². The van der Waals surface area contributed by atoms with Crippen LogP contribution in [-0.2, 0) is 4.74 Å². The second-order valence-electron chi connectivity index (χ2n) is 5.15. The normalized spacial score (nSPS) is 17.6. The molecule has 92 valence electrons. The predicted octanol–water partition coefficient (Wildman–Crippen LogP) is 1.76. The van der Waals surface area contributed by atoms with E-state index in [9.17, 15) is 4.79 Å². The van der Waals surface area contributed by atoms with E-state index in [1.54, 1.807) is 4.90 Å². The highest BCUT2D eigenvalue weighted by atomic mass is 16.6. The zero-order valence-corrected chi connectivity index (χ0v) is 10.4. The van der Waals surface area contributed by atoms with Crippen LogP contribution in [0.4, 0.5) is 4.79 Å². The predicted molar refractivity (Wildman–Crippen MR) is 64.1 cm³/mol. The van der Waals surface area contributed by atoms with E-state index in [4.69, 9.17) is 10.5 Å². The van der Waals surface area contributed by atoms with Crippen molar-refractivity contribution in [2.24, 2.45) is 11.7 Å². The second-order valence-corrected chi connectivity index (χ2v) is 5.15. The molecule has 0 aromatic heterocycles. The summed E-state index contributed by atoms with van der Waals surface area (Å²) in [6, 6.07) is 0. The van der Waals surface area contributed by atoms with Crippen LogP contribution in [0.25, 0.3) is 0 Å². The Balaban J connectivity index is 2.23. The van der Waals surface area contributed by atoms with Gasteiger partial charge in [-0.25, -0.2) is 4.79 Å². The monoisotopic (exact) mass is 226 g/mol. The molecule has 1 aliphatic heterocycles. The van der Waals surface area contributed by atoms with Crippen molar-refractivity contribution in [3.05, 3.63) is 12.2 Å². The number of rotatable bonds is 3. The summed E-state index contributed by atoms with van der Waals surface area (Å²) in [4.78, 5) is 13.3. The number of hydrogen-bond donors (Lipinski definition) is 1. The number of ether oxygens (including phenoxy) is 1. The summed E-state index contributed by atoms with van der Waals surface area (Å²) in [6.07, 6.45) is 4.91. The molecular formula is C12H22N2O2. The van der Waals surface area contributed by atoms with Gasteiger partial charge in [0.2, 0.25) is 0 Å². The molecule has 0 aromatic carbocycles. The van der Waals surface area contributed by atoms with Gasteiger partial charge in [0, 0.05) is 19.0 Å².